The summed E-state index contributed by atoms with van der Waals surface area (Å²) in [5, 5.41) is 5.69. The van der Waals surface area contributed by atoms with Gasteiger partial charge in [-0.15, -0.1) is 0 Å². The summed E-state index contributed by atoms with van der Waals surface area (Å²) in [5.74, 6) is 0.459. The third kappa shape index (κ3) is 4.57. The summed E-state index contributed by atoms with van der Waals surface area (Å²) in [6, 6.07) is 24.2. The number of amides is 1. The predicted molar refractivity (Wildman–Crippen MR) is 125 cm³/mol. The molecule has 1 heterocycles. The van der Waals surface area contributed by atoms with Crippen molar-refractivity contribution in [2.24, 2.45) is 5.10 Å². The third-order valence-corrected chi connectivity index (χ3v) is 5.19. The highest BCUT2D eigenvalue weighted by atomic mass is 35.5. The van der Waals surface area contributed by atoms with Gasteiger partial charge in [-0.25, -0.2) is 10.4 Å². The topological polar surface area (TPSA) is 63.6 Å². The van der Waals surface area contributed by atoms with Gasteiger partial charge in [0.1, 0.15) is 5.75 Å². The number of nitrogens with zero attached hydrogens (tertiary/aromatic N) is 2. The normalized spacial score (nSPS) is 11.4. The van der Waals surface area contributed by atoms with Crippen LogP contribution >= 0.6 is 11.6 Å². The van der Waals surface area contributed by atoms with Crippen molar-refractivity contribution in [3.8, 4) is 17.0 Å². The summed E-state index contributed by atoms with van der Waals surface area (Å²) in [4.78, 5) is 17.8. The Morgan fingerprint density at radius 2 is 1.71 bits per heavy atom. The van der Waals surface area contributed by atoms with Crippen LogP contribution in [0.3, 0.4) is 0 Å². The van der Waals surface area contributed by atoms with Crippen molar-refractivity contribution in [2.45, 2.75) is 6.92 Å². The van der Waals surface area contributed by atoms with E-state index in [1.165, 1.54) is 0 Å². The lowest BCUT2D eigenvalue weighted by atomic mass is 10.0. The number of carbonyl (C=O) groups excluding carboxylic acids is 1. The molecule has 0 radical (unpaired) electrons. The average Bonchev–Trinajstić information content (AvgIpc) is 2.82. The number of fused-ring (bicyclic) bond motifs is 1. The number of hydrogen-bond donors (Lipinski definition) is 1. The molecule has 0 fully saturated rings. The Balaban J connectivity index is 1.67. The smallest absolute Gasteiger partial charge is 0.272 e. The Labute approximate surface area is 185 Å². The van der Waals surface area contributed by atoms with E-state index in [1.54, 1.807) is 25.3 Å². The molecular formula is C25H20ClN3O2. The van der Waals surface area contributed by atoms with Crippen LogP contribution in [0.15, 0.2) is 84.0 Å². The third-order valence-electron chi connectivity index (χ3n) is 4.93. The fraction of sp³-hybridized carbons (Fsp3) is 0.0800. The first-order chi connectivity index (χ1) is 15.0. The van der Waals surface area contributed by atoms with Gasteiger partial charge < -0.3 is 4.74 Å². The summed E-state index contributed by atoms with van der Waals surface area (Å²) >= 11 is 6.01. The Morgan fingerprint density at radius 3 is 2.42 bits per heavy atom. The standard InChI is InChI=1S/C25H20ClN3O2/c1-16(17-9-13-20(31-2)14-10-17)28-29-25(30)22-15-24(18-7-11-19(26)12-8-18)27-23-6-4-3-5-21(22)23/h3-15H,1-2H3,(H,29,30). The molecule has 0 spiro atoms. The maximum Gasteiger partial charge on any atom is 0.272 e. The fourth-order valence-electron chi connectivity index (χ4n) is 3.22. The molecule has 0 aliphatic rings. The van der Waals surface area contributed by atoms with Crippen LogP contribution in [0, 0.1) is 0 Å². The lowest BCUT2D eigenvalue weighted by Crippen LogP contribution is -2.20. The van der Waals surface area contributed by atoms with Crippen molar-refractivity contribution < 1.29 is 9.53 Å². The second-order valence-electron chi connectivity index (χ2n) is 6.95. The number of aromatic nitrogens is 1. The van der Waals surface area contributed by atoms with E-state index in [9.17, 15) is 4.79 Å². The molecule has 4 aromatic rings. The SMILES string of the molecule is COc1ccc(C(C)=NNC(=O)c2cc(-c3ccc(Cl)cc3)nc3ccccc23)cc1. The van der Waals surface area contributed by atoms with Gasteiger partial charge >= 0.3 is 0 Å². The zero-order chi connectivity index (χ0) is 21.8. The number of halogens is 1. The first kappa shape index (κ1) is 20.6. The predicted octanol–water partition coefficient (Wildman–Crippen LogP) is 5.72. The number of para-hydroxylation sites is 1. The van der Waals surface area contributed by atoms with Crippen molar-refractivity contribution in [1.29, 1.82) is 0 Å². The fourth-order valence-corrected chi connectivity index (χ4v) is 3.35. The molecule has 0 atom stereocenters. The zero-order valence-corrected chi connectivity index (χ0v) is 17.9. The van der Waals surface area contributed by atoms with E-state index in [4.69, 9.17) is 21.3 Å². The number of nitrogens with one attached hydrogen (secondary N) is 1. The molecule has 1 N–H and O–H groups in total. The molecule has 1 amide bonds. The van der Waals surface area contributed by atoms with Crippen LogP contribution < -0.4 is 10.2 Å². The monoisotopic (exact) mass is 429 g/mol. The molecule has 6 heteroatoms. The van der Waals surface area contributed by atoms with Crippen LogP contribution in [-0.2, 0) is 0 Å². The summed E-state index contributed by atoms with van der Waals surface area (Å²) in [7, 11) is 1.62. The average molecular weight is 430 g/mol. The second-order valence-corrected chi connectivity index (χ2v) is 7.38. The number of rotatable bonds is 5. The van der Waals surface area contributed by atoms with Gasteiger partial charge in [0.25, 0.3) is 5.91 Å². The van der Waals surface area contributed by atoms with Crippen LogP contribution in [0.4, 0.5) is 0 Å². The van der Waals surface area contributed by atoms with Gasteiger partial charge in [0.15, 0.2) is 0 Å². The van der Waals surface area contributed by atoms with Gasteiger partial charge in [-0.2, -0.15) is 5.10 Å². The second kappa shape index (κ2) is 8.98. The number of pyridine rings is 1. The van der Waals surface area contributed by atoms with Gasteiger partial charge in [-0.1, -0.05) is 41.9 Å². The molecule has 0 aliphatic heterocycles. The van der Waals surface area contributed by atoms with Gasteiger partial charge in [-0.05, 0) is 61.0 Å². The highest BCUT2D eigenvalue weighted by Crippen LogP contribution is 2.26. The van der Waals surface area contributed by atoms with Crippen molar-refractivity contribution in [3.05, 3.63) is 95.0 Å². The quantitative estimate of drug-likeness (QED) is 0.326. The van der Waals surface area contributed by atoms with Crippen LogP contribution in [0.1, 0.15) is 22.8 Å². The van der Waals surface area contributed by atoms with E-state index in [1.807, 2.05) is 67.6 Å². The molecular weight excluding hydrogens is 410 g/mol. The molecule has 4 rings (SSSR count). The first-order valence-electron chi connectivity index (χ1n) is 9.70. The minimum absolute atomic E-state index is 0.304. The Morgan fingerprint density at radius 1 is 1.00 bits per heavy atom. The molecule has 0 unspecified atom stereocenters. The van der Waals surface area contributed by atoms with Gasteiger partial charge in [0.2, 0.25) is 0 Å². The molecule has 0 aliphatic carbocycles. The molecule has 31 heavy (non-hydrogen) atoms. The van der Waals surface area contributed by atoms with Gasteiger partial charge in [0, 0.05) is 16.0 Å². The Bertz CT molecular complexity index is 1270. The van der Waals surface area contributed by atoms with Crippen LogP contribution in [0.5, 0.6) is 5.75 Å². The van der Waals surface area contributed by atoms with Crippen LogP contribution in [0.25, 0.3) is 22.2 Å². The van der Waals surface area contributed by atoms with Gasteiger partial charge in [-0.3, -0.25) is 4.79 Å². The largest absolute Gasteiger partial charge is 0.497 e. The van der Waals surface area contributed by atoms with E-state index >= 15 is 0 Å². The summed E-state index contributed by atoms with van der Waals surface area (Å²) in [6.07, 6.45) is 0. The van der Waals surface area contributed by atoms with Crippen LogP contribution in [-0.4, -0.2) is 23.7 Å². The number of hydrazone groups is 1. The molecule has 5 nitrogen and oxygen atoms in total. The number of benzene rings is 3. The van der Waals surface area contributed by atoms with Gasteiger partial charge in [0.05, 0.1) is 29.6 Å². The number of methoxy groups -OCH3 is 1. The van der Waals surface area contributed by atoms with Crippen molar-refractivity contribution in [1.82, 2.24) is 10.4 Å². The number of hydrogen-bond acceptors (Lipinski definition) is 4. The summed E-state index contributed by atoms with van der Waals surface area (Å²) < 4.78 is 5.18. The van der Waals surface area contributed by atoms with E-state index < -0.39 is 0 Å². The zero-order valence-electron chi connectivity index (χ0n) is 17.1. The molecule has 0 bridgehead atoms. The Kier molecular flexibility index (Phi) is 5.96. The van der Waals surface area contributed by atoms with E-state index in [2.05, 4.69) is 10.5 Å². The highest BCUT2D eigenvalue weighted by molar-refractivity contribution is 6.30. The molecule has 154 valence electrons. The molecule has 3 aromatic carbocycles. The maximum absolute atomic E-state index is 13.0. The Hall–Kier alpha value is -3.70. The maximum atomic E-state index is 13.0. The molecule has 0 saturated heterocycles. The van der Waals surface area contributed by atoms with E-state index in [0.717, 1.165) is 27.8 Å². The van der Waals surface area contributed by atoms with E-state index in [-0.39, 0.29) is 5.91 Å². The molecule has 1 aromatic heterocycles. The van der Waals surface area contributed by atoms with Crippen molar-refractivity contribution in [3.63, 3.8) is 0 Å². The van der Waals surface area contributed by atoms with Crippen molar-refractivity contribution >= 4 is 34.1 Å². The lowest BCUT2D eigenvalue weighted by Gasteiger charge is -2.10. The van der Waals surface area contributed by atoms with Crippen LogP contribution in [0.2, 0.25) is 5.02 Å². The first-order valence-corrected chi connectivity index (χ1v) is 10.1. The van der Waals surface area contributed by atoms with Crippen molar-refractivity contribution in [2.75, 3.05) is 7.11 Å². The molecule has 0 saturated carbocycles. The minimum Gasteiger partial charge on any atom is -0.497 e. The van der Waals surface area contributed by atoms with E-state index in [0.29, 0.717) is 22.0 Å². The summed E-state index contributed by atoms with van der Waals surface area (Å²) in [5.41, 5.74) is 7.06. The minimum atomic E-state index is -0.304. The lowest BCUT2D eigenvalue weighted by molar-refractivity contribution is 0.0956. The highest BCUT2D eigenvalue weighted by Gasteiger charge is 2.14. The number of ether oxygens (including phenoxy) is 1. The number of carbonyl (C=O) groups is 1. The summed E-state index contributed by atoms with van der Waals surface area (Å²) in [6.45, 7) is 1.84.